The van der Waals surface area contributed by atoms with E-state index in [2.05, 4.69) is 65.3 Å². The van der Waals surface area contributed by atoms with Gasteiger partial charge in [-0.05, 0) is 66.8 Å². The van der Waals surface area contributed by atoms with Crippen molar-refractivity contribution in [2.75, 3.05) is 6.61 Å². The molecule has 0 bridgehead atoms. The number of hydrogen-bond acceptors (Lipinski definition) is 2. The third-order valence-electron chi connectivity index (χ3n) is 3.53. The van der Waals surface area contributed by atoms with Gasteiger partial charge in [-0.3, -0.25) is 0 Å². The number of ether oxygens (including phenoxy) is 1. The van der Waals surface area contributed by atoms with E-state index in [1.54, 1.807) is 0 Å². The lowest BCUT2D eigenvalue weighted by atomic mass is 10.0. The summed E-state index contributed by atoms with van der Waals surface area (Å²) in [6.07, 6.45) is 0.981. The van der Waals surface area contributed by atoms with E-state index in [-0.39, 0.29) is 0 Å². The molecule has 0 atom stereocenters. The van der Waals surface area contributed by atoms with Crippen molar-refractivity contribution in [1.82, 2.24) is 0 Å². The summed E-state index contributed by atoms with van der Waals surface area (Å²) in [6.45, 7) is 4.89. The second-order valence-electron chi connectivity index (χ2n) is 5.09. The van der Waals surface area contributed by atoms with Gasteiger partial charge in [0.2, 0.25) is 0 Å². The Bertz CT molecular complexity index is 776. The average Bonchev–Trinajstić information content (AvgIpc) is 2.85. The van der Waals surface area contributed by atoms with Crippen LogP contribution < -0.4 is 4.74 Å². The molecule has 0 N–H and O–H groups in total. The first-order valence-electron chi connectivity index (χ1n) is 7.06. The first kappa shape index (κ1) is 14.6. The number of aryl methyl sites for hydroxylation is 1. The number of hydrogen-bond donors (Lipinski definition) is 0. The standard InChI is InChI=1S/C18H17BrOS/c1-3-20-16-6-7-18-14(9-16)11-17(21-18)10-13-8-15(19)5-4-12(13)2/h4-9,11H,3,10H2,1-2H3. The Hall–Kier alpha value is -1.32. The van der Waals surface area contributed by atoms with Gasteiger partial charge in [0.25, 0.3) is 0 Å². The maximum atomic E-state index is 5.57. The number of rotatable bonds is 4. The van der Waals surface area contributed by atoms with Gasteiger partial charge in [0.1, 0.15) is 5.75 Å². The van der Waals surface area contributed by atoms with Crippen LogP contribution in [0.5, 0.6) is 5.75 Å². The quantitative estimate of drug-likeness (QED) is 0.557. The smallest absolute Gasteiger partial charge is 0.119 e. The van der Waals surface area contributed by atoms with Crippen molar-refractivity contribution in [3.63, 3.8) is 0 Å². The number of fused-ring (bicyclic) bond motifs is 1. The summed E-state index contributed by atoms with van der Waals surface area (Å²) in [6, 6.07) is 15.1. The molecule has 1 aromatic heterocycles. The maximum absolute atomic E-state index is 5.57. The Morgan fingerprint density at radius 3 is 2.76 bits per heavy atom. The molecular weight excluding hydrogens is 344 g/mol. The molecule has 0 fully saturated rings. The molecule has 1 heterocycles. The van der Waals surface area contributed by atoms with Gasteiger partial charge in [0.05, 0.1) is 6.61 Å². The molecule has 3 heteroatoms. The fourth-order valence-electron chi connectivity index (χ4n) is 2.44. The molecule has 1 nitrogen and oxygen atoms in total. The highest BCUT2D eigenvalue weighted by molar-refractivity contribution is 9.10. The highest BCUT2D eigenvalue weighted by atomic mass is 79.9. The van der Waals surface area contributed by atoms with Crippen molar-refractivity contribution in [3.8, 4) is 5.75 Å². The maximum Gasteiger partial charge on any atom is 0.119 e. The highest BCUT2D eigenvalue weighted by Crippen LogP contribution is 2.31. The normalized spacial score (nSPS) is 11.0. The van der Waals surface area contributed by atoms with Crippen LogP contribution in [0.2, 0.25) is 0 Å². The Kier molecular flexibility index (Phi) is 4.32. The van der Waals surface area contributed by atoms with E-state index in [0.29, 0.717) is 6.61 Å². The Morgan fingerprint density at radius 2 is 1.95 bits per heavy atom. The summed E-state index contributed by atoms with van der Waals surface area (Å²) in [5.74, 6) is 0.952. The van der Waals surface area contributed by atoms with Crippen molar-refractivity contribution >= 4 is 37.4 Å². The van der Waals surface area contributed by atoms with Crippen LogP contribution >= 0.6 is 27.3 Å². The Balaban J connectivity index is 1.92. The van der Waals surface area contributed by atoms with Crippen LogP contribution in [-0.4, -0.2) is 6.61 Å². The van der Waals surface area contributed by atoms with Crippen LogP contribution in [0.4, 0.5) is 0 Å². The first-order chi connectivity index (χ1) is 10.2. The molecule has 0 amide bonds. The number of benzene rings is 2. The van der Waals surface area contributed by atoms with Crippen molar-refractivity contribution in [2.24, 2.45) is 0 Å². The molecule has 108 valence electrons. The summed E-state index contributed by atoms with van der Waals surface area (Å²) in [5.41, 5.74) is 2.71. The van der Waals surface area contributed by atoms with Gasteiger partial charge < -0.3 is 4.74 Å². The molecule has 2 aromatic carbocycles. The SMILES string of the molecule is CCOc1ccc2sc(Cc3cc(Br)ccc3C)cc2c1. The third kappa shape index (κ3) is 3.30. The summed E-state index contributed by atoms with van der Waals surface area (Å²) in [4.78, 5) is 1.39. The van der Waals surface area contributed by atoms with Gasteiger partial charge in [-0.15, -0.1) is 11.3 Å². The van der Waals surface area contributed by atoms with Crippen LogP contribution in [0.15, 0.2) is 46.9 Å². The van der Waals surface area contributed by atoms with Crippen molar-refractivity contribution in [3.05, 3.63) is 62.9 Å². The fourth-order valence-corrected chi connectivity index (χ4v) is 3.91. The zero-order valence-electron chi connectivity index (χ0n) is 12.2. The predicted molar refractivity (Wildman–Crippen MR) is 94.7 cm³/mol. The second-order valence-corrected chi connectivity index (χ2v) is 7.18. The molecule has 0 unspecified atom stereocenters. The topological polar surface area (TPSA) is 9.23 Å². The summed E-state index contributed by atoms with van der Waals surface area (Å²) < 4.78 is 8.04. The lowest BCUT2D eigenvalue weighted by Gasteiger charge is -2.04. The molecule has 0 saturated carbocycles. The second kappa shape index (κ2) is 6.20. The minimum absolute atomic E-state index is 0.708. The average molecular weight is 361 g/mol. The minimum Gasteiger partial charge on any atom is -0.494 e. The van der Waals surface area contributed by atoms with E-state index in [0.717, 1.165) is 16.6 Å². The zero-order valence-corrected chi connectivity index (χ0v) is 14.6. The van der Waals surface area contributed by atoms with E-state index >= 15 is 0 Å². The Labute approximate surface area is 137 Å². The molecule has 0 aliphatic heterocycles. The van der Waals surface area contributed by atoms with Crippen LogP contribution in [0.3, 0.4) is 0 Å². The van der Waals surface area contributed by atoms with Crippen LogP contribution in [0, 0.1) is 6.92 Å². The molecule has 0 saturated heterocycles. The largest absolute Gasteiger partial charge is 0.494 e. The monoisotopic (exact) mass is 360 g/mol. The number of thiophene rings is 1. The minimum atomic E-state index is 0.708. The summed E-state index contributed by atoms with van der Waals surface area (Å²) >= 11 is 5.42. The van der Waals surface area contributed by atoms with Gasteiger partial charge in [-0.25, -0.2) is 0 Å². The van der Waals surface area contributed by atoms with Crippen molar-refractivity contribution in [2.45, 2.75) is 20.3 Å². The van der Waals surface area contributed by atoms with Crippen molar-refractivity contribution in [1.29, 1.82) is 0 Å². The van der Waals surface area contributed by atoms with Gasteiger partial charge in [-0.1, -0.05) is 22.0 Å². The molecule has 3 aromatic rings. The Morgan fingerprint density at radius 1 is 1.10 bits per heavy atom. The third-order valence-corrected chi connectivity index (χ3v) is 5.13. The molecular formula is C18H17BrOS. The molecule has 0 aliphatic rings. The fraction of sp³-hybridized carbons (Fsp3) is 0.222. The summed E-state index contributed by atoms with van der Waals surface area (Å²) in [7, 11) is 0. The number of halogens is 1. The lowest BCUT2D eigenvalue weighted by molar-refractivity contribution is 0.341. The first-order valence-corrected chi connectivity index (χ1v) is 8.67. The van der Waals surface area contributed by atoms with E-state index in [9.17, 15) is 0 Å². The van der Waals surface area contributed by atoms with E-state index in [4.69, 9.17) is 4.74 Å². The van der Waals surface area contributed by atoms with Gasteiger partial charge in [0.15, 0.2) is 0 Å². The zero-order chi connectivity index (χ0) is 14.8. The molecule has 3 rings (SSSR count). The predicted octanol–water partition coefficient (Wildman–Crippen LogP) is 5.96. The van der Waals surface area contributed by atoms with Crippen LogP contribution in [-0.2, 0) is 6.42 Å². The molecule has 0 radical (unpaired) electrons. The molecule has 0 spiro atoms. The highest BCUT2D eigenvalue weighted by Gasteiger charge is 2.06. The molecule has 0 aliphatic carbocycles. The lowest BCUT2D eigenvalue weighted by Crippen LogP contribution is -1.90. The summed E-state index contributed by atoms with van der Waals surface area (Å²) in [5, 5.41) is 1.27. The van der Waals surface area contributed by atoms with Crippen LogP contribution in [0.1, 0.15) is 22.9 Å². The molecule has 21 heavy (non-hydrogen) atoms. The van der Waals surface area contributed by atoms with Crippen molar-refractivity contribution < 1.29 is 4.74 Å². The van der Waals surface area contributed by atoms with E-state index < -0.39 is 0 Å². The van der Waals surface area contributed by atoms with Crippen LogP contribution in [0.25, 0.3) is 10.1 Å². The van der Waals surface area contributed by atoms with E-state index in [1.807, 2.05) is 18.3 Å². The van der Waals surface area contributed by atoms with Gasteiger partial charge in [0, 0.05) is 20.5 Å². The van der Waals surface area contributed by atoms with Gasteiger partial charge >= 0.3 is 0 Å². The van der Waals surface area contributed by atoms with E-state index in [1.165, 1.54) is 26.1 Å². The van der Waals surface area contributed by atoms with Gasteiger partial charge in [-0.2, -0.15) is 0 Å².